The summed E-state index contributed by atoms with van der Waals surface area (Å²) in [6.45, 7) is 5.34. The lowest BCUT2D eigenvalue weighted by Crippen LogP contribution is -2.43. The van der Waals surface area contributed by atoms with Crippen molar-refractivity contribution < 1.29 is 9.84 Å². The van der Waals surface area contributed by atoms with Crippen LogP contribution in [-0.2, 0) is 4.74 Å². The summed E-state index contributed by atoms with van der Waals surface area (Å²) in [5.74, 6) is 0. The van der Waals surface area contributed by atoms with Gasteiger partial charge >= 0.3 is 0 Å². The molecule has 0 aromatic heterocycles. The second kappa shape index (κ2) is 7.31. The summed E-state index contributed by atoms with van der Waals surface area (Å²) in [5.41, 5.74) is 0. The minimum absolute atomic E-state index is 0.147. The summed E-state index contributed by atoms with van der Waals surface area (Å²) in [6, 6.07) is 0.781. The van der Waals surface area contributed by atoms with Crippen LogP contribution in [0.2, 0.25) is 0 Å². The third-order valence-electron chi connectivity index (χ3n) is 3.98. The molecule has 2 aliphatic heterocycles. The van der Waals surface area contributed by atoms with Crippen molar-refractivity contribution in [3.63, 3.8) is 0 Å². The average molecular weight is 242 g/mol. The highest BCUT2D eigenvalue weighted by atomic mass is 16.5. The first-order chi connectivity index (χ1) is 8.40. The number of likely N-dealkylation sites (tertiary alicyclic amines) is 1. The maximum absolute atomic E-state index is 8.74. The second-order valence-electron chi connectivity index (χ2n) is 5.16. The standard InChI is InChI=1S/C13H26N2O2/c16-10-11-17-13-4-8-15(9-5-13)12-2-1-6-14-7-3-12/h12-14,16H,1-11H2. The molecule has 1 unspecified atom stereocenters. The fourth-order valence-corrected chi connectivity index (χ4v) is 2.99. The van der Waals surface area contributed by atoms with Gasteiger partial charge in [0, 0.05) is 19.1 Å². The van der Waals surface area contributed by atoms with Crippen LogP contribution in [0.1, 0.15) is 32.1 Å². The molecule has 0 amide bonds. The van der Waals surface area contributed by atoms with Gasteiger partial charge in [-0.3, -0.25) is 0 Å². The first-order valence-corrected chi connectivity index (χ1v) is 7.07. The molecule has 2 N–H and O–H groups in total. The van der Waals surface area contributed by atoms with E-state index in [0.29, 0.717) is 12.7 Å². The summed E-state index contributed by atoms with van der Waals surface area (Å²) in [4.78, 5) is 2.64. The molecule has 4 heteroatoms. The molecule has 0 bridgehead atoms. The van der Waals surface area contributed by atoms with E-state index in [1.54, 1.807) is 0 Å². The first-order valence-electron chi connectivity index (χ1n) is 7.07. The number of rotatable bonds is 4. The zero-order valence-corrected chi connectivity index (χ0v) is 10.7. The van der Waals surface area contributed by atoms with Crippen LogP contribution in [0.3, 0.4) is 0 Å². The van der Waals surface area contributed by atoms with Crippen LogP contribution in [0.25, 0.3) is 0 Å². The highest BCUT2D eigenvalue weighted by Crippen LogP contribution is 2.20. The molecular weight excluding hydrogens is 216 g/mol. The monoisotopic (exact) mass is 242 g/mol. The minimum Gasteiger partial charge on any atom is -0.394 e. The van der Waals surface area contributed by atoms with Gasteiger partial charge < -0.3 is 20.1 Å². The molecule has 0 spiro atoms. The molecule has 2 fully saturated rings. The van der Waals surface area contributed by atoms with E-state index >= 15 is 0 Å². The summed E-state index contributed by atoms with van der Waals surface area (Å²) in [7, 11) is 0. The second-order valence-corrected chi connectivity index (χ2v) is 5.16. The van der Waals surface area contributed by atoms with Crippen molar-refractivity contribution in [1.29, 1.82) is 0 Å². The van der Waals surface area contributed by atoms with Crippen LogP contribution < -0.4 is 5.32 Å². The van der Waals surface area contributed by atoms with E-state index in [2.05, 4.69) is 10.2 Å². The van der Waals surface area contributed by atoms with E-state index in [4.69, 9.17) is 9.84 Å². The maximum atomic E-state index is 8.74. The quantitative estimate of drug-likeness (QED) is 0.758. The van der Waals surface area contributed by atoms with Crippen LogP contribution in [0.5, 0.6) is 0 Å². The molecule has 2 saturated heterocycles. The Balaban J connectivity index is 1.70. The molecule has 4 nitrogen and oxygen atoms in total. The van der Waals surface area contributed by atoms with Crippen LogP contribution in [0.4, 0.5) is 0 Å². The van der Waals surface area contributed by atoms with Crippen molar-refractivity contribution in [1.82, 2.24) is 10.2 Å². The Morgan fingerprint density at radius 3 is 2.71 bits per heavy atom. The SMILES string of the molecule is OCCOC1CCN(C2CCCNCC2)CC1. The number of ether oxygens (including phenoxy) is 1. The van der Waals surface area contributed by atoms with Crippen molar-refractivity contribution in [3.05, 3.63) is 0 Å². The van der Waals surface area contributed by atoms with E-state index < -0.39 is 0 Å². The highest BCUT2D eigenvalue weighted by Gasteiger charge is 2.25. The summed E-state index contributed by atoms with van der Waals surface area (Å²) in [6.07, 6.45) is 6.58. The van der Waals surface area contributed by atoms with Crippen LogP contribution in [0.15, 0.2) is 0 Å². The summed E-state index contributed by atoms with van der Waals surface area (Å²) in [5, 5.41) is 12.2. The Morgan fingerprint density at radius 2 is 1.94 bits per heavy atom. The van der Waals surface area contributed by atoms with Crippen LogP contribution >= 0.6 is 0 Å². The third-order valence-corrected chi connectivity index (χ3v) is 3.98. The van der Waals surface area contributed by atoms with Gasteiger partial charge in [-0.15, -0.1) is 0 Å². The molecule has 2 aliphatic rings. The number of piperidine rings is 1. The molecule has 0 aromatic rings. The van der Waals surface area contributed by atoms with Crippen LogP contribution in [0, 0.1) is 0 Å². The third kappa shape index (κ3) is 4.21. The zero-order valence-electron chi connectivity index (χ0n) is 10.7. The van der Waals surface area contributed by atoms with Gasteiger partial charge in [-0.25, -0.2) is 0 Å². The predicted molar refractivity (Wildman–Crippen MR) is 68.1 cm³/mol. The maximum Gasteiger partial charge on any atom is 0.0701 e. The molecule has 0 aliphatic carbocycles. The van der Waals surface area contributed by atoms with Crippen LogP contribution in [-0.4, -0.2) is 61.5 Å². The minimum atomic E-state index is 0.147. The molecule has 0 saturated carbocycles. The number of aliphatic hydroxyl groups is 1. The Bertz CT molecular complexity index is 198. The molecule has 2 heterocycles. The summed E-state index contributed by atoms with van der Waals surface area (Å²) < 4.78 is 5.60. The van der Waals surface area contributed by atoms with Crippen molar-refractivity contribution >= 4 is 0 Å². The predicted octanol–water partition coefficient (Wildman–Crippen LogP) is 0.602. The number of aliphatic hydroxyl groups excluding tert-OH is 1. The van der Waals surface area contributed by atoms with Gasteiger partial charge in [0.25, 0.3) is 0 Å². The number of hydrogen-bond acceptors (Lipinski definition) is 4. The Kier molecular flexibility index (Phi) is 5.71. The van der Waals surface area contributed by atoms with Crippen molar-refractivity contribution in [2.24, 2.45) is 0 Å². The zero-order chi connectivity index (χ0) is 11.9. The normalized spacial score (nSPS) is 29.1. The highest BCUT2D eigenvalue weighted by molar-refractivity contribution is 4.81. The van der Waals surface area contributed by atoms with E-state index in [0.717, 1.165) is 18.9 Å². The molecule has 2 rings (SSSR count). The fraction of sp³-hybridized carbons (Fsp3) is 1.00. The molecular formula is C13H26N2O2. The Morgan fingerprint density at radius 1 is 1.12 bits per heavy atom. The first kappa shape index (κ1) is 13.3. The van der Waals surface area contributed by atoms with Gasteiger partial charge in [0.15, 0.2) is 0 Å². The average Bonchev–Trinajstić information content (AvgIpc) is 2.66. The topological polar surface area (TPSA) is 44.7 Å². The summed E-state index contributed by atoms with van der Waals surface area (Å²) >= 11 is 0. The fourth-order valence-electron chi connectivity index (χ4n) is 2.99. The lowest BCUT2D eigenvalue weighted by Gasteiger charge is -2.37. The van der Waals surface area contributed by atoms with E-state index in [1.807, 2.05) is 0 Å². The van der Waals surface area contributed by atoms with E-state index in [-0.39, 0.29) is 6.61 Å². The molecule has 1 atom stereocenters. The number of hydrogen-bond donors (Lipinski definition) is 2. The van der Waals surface area contributed by atoms with E-state index in [9.17, 15) is 0 Å². The smallest absolute Gasteiger partial charge is 0.0701 e. The van der Waals surface area contributed by atoms with Gasteiger partial charge in [-0.05, 0) is 45.2 Å². The van der Waals surface area contributed by atoms with Crippen molar-refractivity contribution in [2.45, 2.75) is 44.2 Å². The molecule has 17 heavy (non-hydrogen) atoms. The van der Waals surface area contributed by atoms with E-state index in [1.165, 1.54) is 45.4 Å². The molecule has 0 radical (unpaired) electrons. The van der Waals surface area contributed by atoms with Gasteiger partial charge in [-0.1, -0.05) is 0 Å². The largest absolute Gasteiger partial charge is 0.394 e. The van der Waals surface area contributed by atoms with Gasteiger partial charge in [0.05, 0.1) is 19.3 Å². The molecule has 0 aromatic carbocycles. The van der Waals surface area contributed by atoms with Crippen molar-refractivity contribution in [2.75, 3.05) is 39.4 Å². The lowest BCUT2D eigenvalue weighted by atomic mass is 10.0. The van der Waals surface area contributed by atoms with Gasteiger partial charge in [-0.2, -0.15) is 0 Å². The molecule has 100 valence electrons. The Labute approximate surface area is 104 Å². The van der Waals surface area contributed by atoms with Crippen molar-refractivity contribution in [3.8, 4) is 0 Å². The number of nitrogens with one attached hydrogen (secondary N) is 1. The van der Waals surface area contributed by atoms with Gasteiger partial charge in [0.1, 0.15) is 0 Å². The number of nitrogens with zero attached hydrogens (tertiary/aromatic N) is 1. The Hall–Kier alpha value is -0.160. The lowest BCUT2D eigenvalue weighted by molar-refractivity contribution is -0.0161. The van der Waals surface area contributed by atoms with Gasteiger partial charge in [0.2, 0.25) is 0 Å².